The lowest BCUT2D eigenvalue weighted by molar-refractivity contribution is 0.397. The number of nitrogens with zero attached hydrogens (tertiary/aromatic N) is 4. The second kappa shape index (κ2) is 7.41. The lowest BCUT2D eigenvalue weighted by Crippen LogP contribution is -1.99. The van der Waals surface area contributed by atoms with Gasteiger partial charge in [-0.05, 0) is 29.8 Å². The van der Waals surface area contributed by atoms with Crippen molar-refractivity contribution < 1.29 is 9.47 Å². The minimum absolute atomic E-state index is 0.472. The van der Waals surface area contributed by atoms with Crippen molar-refractivity contribution >= 4 is 0 Å². The molecule has 0 unspecified atom stereocenters. The van der Waals surface area contributed by atoms with Crippen molar-refractivity contribution in [3.8, 4) is 29.0 Å². The highest BCUT2D eigenvalue weighted by molar-refractivity contribution is 5.64. The van der Waals surface area contributed by atoms with Gasteiger partial charge in [0.2, 0.25) is 5.88 Å². The van der Waals surface area contributed by atoms with Crippen LogP contribution in [-0.2, 0) is 6.42 Å². The Morgan fingerprint density at radius 2 is 1.92 bits per heavy atom. The third kappa shape index (κ3) is 3.72. The Morgan fingerprint density at radius 1 is 1.04 bits per heavy atom. The minimum atomic E-state index is 0.472. The fourth-order valence-electron chi connectivity index (χ4n) is 2.42. The van der Waals surface area contributed by atoms with Crippen LogP contribution < -0.4 is 9.47 Å². The van der Waals surface area contributed by atoms with Gasteiger partial charge in [-0.15, -0.1) is 0 Å². The first-order valence-electron chi connectivity index (χ1n) is 7.63. The van der Waals surface area contributed by atoms with Crippen LogP contribution in [0.3, 0.4) is 0 Å². The molecule has 0 aliphatic carbocycles. The quantitative estimate of drug-likeness (QED) is 0.714. The maximum atomic E-state index is 9.23. The van der Waals surface area contributed by atoms with Gasteiger partial charge in [0.1, 0.15) is 17.6 Å². The van der Waals surface area contributed by atoms with E-state index in [1.54, 1.807) is 38.7 Å². The molecule has 2 aromatic heterocycles. The van der Waals surface area contributed by atoms with E-state index >= 15 is 0 Å². The van der Waals surface area contributed by atoms with Crippen molar-refractivity contribution in [3.63, 3.8) is 0 Å². The molecule has 1 aromatic carbocycles. The molecule has 25 heavy (non-hydrogen) atoms. The summed E-state index contributed by atoms with van der Waals surface area (Å²) in [4.78, 5) is 13.1. The second-order valence-electron chi connectivity index (χ2n) is 5.27. The zero-order chi connectivity index (χ0) is 17.6. The number of rotatable bonds is 5. The van der Waals surface area contributed by atoms with Gasteiger partial charge in [0.25, 0.3) is 0 Å². The molecule has 0 spiro atoms. The standard InChI is InChI=1S/C19H16N4O2/c1-24-17-5-4-14(10-15(17)11-20)16-7-8-21-18(23-16)9-13-3-6-19(25-2)22-12-13/h3-8,10,12H,9H2,1-2H3. The van der Waals surface area contributed by atoms with E-state index in [-0.39, 0.29) is 0 Å². The van der Waals surface area contributed by atoms with Gasteiger partial charge < -0.3 is 9.47 Å². The van der Waals surface area contributed by atoms with Gasteiger partial charge in [0.05, 0.1) is 25.5 Å². The summed E-state index contributed by atoms with van der Waals surface area (Å²) in [5.41, 5.74) is 3.06. The SMILES string of the molecule is COc1ccc(Cc2nccc(-c3ccc(OC)c(C#N)c3)n2)cn1. The van der Waals surface area contributed by atoms with Crippen molar-refractivity contribution in [2.24, 2.45) is 0 Å². The lowest BCUT2D eigenvalue weighted by Gasteiger charge is -2.07. The van der Waals surface area contributed by atoms with Crippen LogP contribution in [0, 0.1) is 11.3 Å². The average molecular weight is 332 g/mol. The van der Waals surface area contributed by atoms with Gasteiger partial charge in [-0.25, -0.2) is 15.0 Å². The maximum absolute atomic E-state index is 9.23. The van der Waals surface area contributed by atoms with E-state index in [2.05, 4.69) is 21.0 Å². The topological polar surface area (TPSA) is 80.9 Å². The summed E-state index contributed by atoms with van der Waals surface area (Å²) in [5, 5.41) is 9.23. The highest BCUT2D eigenvalue weighted by Gasteiger charge is 2.08. The number of hydrogen-bond donors (Lipinski definition) is 0. The number of pyridine rings is 1. The average Bonchev–Trinajstić information content (AvgIpc) is 2.68. The van der Waals surface area contributed by atoms with Crippen LogP contribution in [0.25, 0.3) is 11.3 Å². The molecule has 0 amide bonds. The second-order valence-corrected chi connectivity index (χ2v) is 5.27. The first-order valence-corrected chi connectivity index (χ1v) is 7.63. The molecule has 3 rings (SSSR count). The van der Waals surface area contributed by atoms with E-state index in [0.717, 1.165) is 16.8 Å². The van der Waals surface area contributed by atoms with Crippen LogP contribution in [0.5, 0.6) is 11.6 Å². The molecule has 0 saturated carbocycles. The van der Waals surface area contributed by atoms with Crippen LogP contribution in [-0.4, -0.2) is 29.2 Å². The molecule has 6 heteroatoms. The molecule has 6 nitrogen and oxygen atoms in total. The Labute approximate surface area is 145 Å². The Hall–Kier alpha value is -3.46. The summed E-state index contributed by atoms with van der Waals surface area (Å²) >= 11 is 0. The summed E-state index contributed by atoms with van der Waals surface area (Å²) in [5.74, 6) is 1.80. The molecule has 3 aromatic rings. The van der Waals surface area contributed by atoms with E-state index in [1.807, 2.05) is 24.3 Å². The van der Waals surface area contributed by atoms with Gasteiger partial charge in [0, 0.05) is 30.4 Å². The van der Waals surface area contributed by atoms with Crippen LogP contribution in [0.1, 0.15) is 17.0 Å². The maximum Gasteiger partial charge on any atom is 0.212 e. The van der Waals surface area contributed by atoms with Crippen molar-refractivity contribution in [3.05, 3.63) is 65.7 Å². The summed E-state index contributed by atoms with van der Waals surface area (Å²) in [6.07, 6.45) is 4.02. The van der Waals surface area contributed by atoms with Crippen LogP contribution in [0.2, 0.25) is 0 Å². The molecule has 0 bridgehead atoms. The Kier molecular flexibility index (Phi) is 4.86. The molecular weight excluding hydrogens is 316 g/mol. The normalized spacial score (nSPS) is 10.1. The number of hydrogen-bond acceptors (Lipinski definition) is 6. The monoisotopic (exact) mass is 332 g/mol. The zero-order valence-electron chi connectivity index (χ0n) is 13.9. The van der Waals surface area contributed by atoms with Gasteiger partial charge in [0.15, 0.2) is 0 Å². The van der Waals surface area contributed by atoms with E-state index in [1.165, 1.54) is 0 Å². The summed E-state index contributed by atoms with van der Waals surface area (Å²) in [6.45, 7) is 0. The fraction of sp³-hybridized carbons (Fsp3) is 0.158. The first kappa shape index (κ1) is 16.4. The first-order chi connectivity index (χ1) is 12.2. The Morgan fingerprint density at radius 3 is 2.60 bits per heavy atom. The largest absolute Gasteiger partial charge is 0.495 e. The molecule has 0 aliphatic rings. The zero-order valence-corrected chi connectivity index (χ0v) is 13.9. The van der Waals surface area contributed by atoms with E-state index < -0.39 is 0 Å². The van der Waals surface area contributed by atoms with Crippen molar-refractivity contribution in [1.82, 2.24) is 15.0 Å². The minimum Gasteiger partial charge on any atom is -0.495 e. The Bertz CT molecular complexity index is 917. The smallest absolute Gasteiger partial charge is 0.212 e. The summed E-state index contributed by atoms with van der Waals surface area (Å²) in [7, 11) is 3.13. The van der Waals surface area contributed by atoms with Crippen LogP contribution >= 0.6 is 0 Å². The predicted octanol–water partition coefficient (Wildman–Crippen LogP) is 3.02. The third-order valence-corrected chi connectivity index (χ3v) is 3.69. The molecule has 0 N–H and O–H groups in total. The molecule has 124 valence electrons. The molecule has 0 aliphatic heterocycles. The van der Waals surface area contributed by atoms with Crippen molar-refractivity contribution in [2.45, 2.75) is 6.42 Å². The fourth-order valence-corrected chi connectivity index (χ4v) is 2.42. The molecule has 0 atom stereocenters. The van der Waals surface area contributed by atoms with E-state index in [9.17, 15) is 5.26 Å². The summed E-state index contributed by atoms with van der Waals surface area (Å²) < 4.78 is 10.2. The lowest BCUT2D eigenvalue weighted by atomic mass is 10.1. The molecule has 0 fully saturated rings. The molecular formula is C19H16N4O2. The molecule has 0 saturated heterocycles. The number of methoxy groups -OCH3 is 2. The Balaban J connectivity index is 1.87. The van der Waals surface area contributed by atoms with E-state index in [4.69, 9.17) is 9.47 Å². The number of ether oxygens (including phenoxy) is 2. The number of benzene rings is 1. The van der Waals surface area contributed by atoms with Crippen molar-refractivity contribution in [2.75, 3.05) is 14.2 Å². The van der Waals surface area contributed by atoms with Gasteiger partial charge in [-0.3, -0.25) is 0 Å². The van der Waals surface area contributed by atoms with Gasteiger partial charge >= 0.3 is 0 Å². The van der Waals surface area contributed by atoms with Crippen LogP contribution in [0.4, 0.5) is 0 Å². The van der Waals surface area contributed by atoms with Crippen LogP contribution in [0.15, 0.2) is 48.8 Å². The third-order valence-electron chi connectivity index (χ3n) is 3.69. The predicted molar refractivity (Wildman–Crippen MR) is 92.3 cm³/mol. The summed E-state index contributed by atoms with van der Waals surface area (Å²) in [6, 6.07) is 13.1. The highest BCUT2D eigenvalue weighted by Crippen LogP contribution is 2.25. The van der Waals surface area contributed by atoms with Gasteiger partial charge in [-0.1, -0.05) is 6.07 Å². The highest BCUT2D eigenvalue weighted by atomic mass is 16.5. The van der Waals surface area contributed by atoms with Crippen molar-refractivity contribution in [1.29, 1.82) is 5.26 Å². The van der Waals surface area contributed by atoms with E-state index in [0.29, 0.717) is 29.4 Å². The van der Waals surface area contributed by atoms with Gasteiger partial charge in [-0.2, -0.15) is 5.26 Å². The molecule has 0 radical (unpaired) electrons. The number of nitriles is 1. The number of aromatic nitrogens is 3. The molecule has 2 heterocycles.